The summed E-state index contributed by atoms with van der Waals surface area (Å²) in [5.41, 5.74) is -1.31. The highest BCUT2D eigenvalue weighted by Crippen LogP contribution is 2.34. The summed E-state index contributed by atoms with van der Waals surface area (Å²) >= 11 is 5.93. The zero-order chi connectivity index (χ0) is 24.0. The second-order valence-electron chi connectivity index (χ2n) is 7.28. The fraction of sp³-hybridized carbons (Fsp3) is 0.0909. The molecule has 0 spiro atoms. The molecule has 2 aromatic carbocycles. The quantitative estimate of drug-likeness (QED) is 0.391. The van der Waals surface area contributed by atoms with Crippen LogP contribution in [0.4, 0.5) is 14.5 Å². The summed E-state index contributed by atoms with van der Waals surface area (Å²) in [4.78, 5) is 19.6. The van der Waals surface area contributed by atoms with Gasteiger partial charge in [0, 0.05) is 29.4 Å². The smallest absolute Gasteiger partial charge is 0.262 e. The lowest BCUT2D eigenvalue weighted by Crippen LogP contribution is -2.18. The lowest BCUT2D eigenvalue weighted by Gasteiger charge is -2.19. The lowest BCUT2D eigenvalue weighted by atomic mass is 10.0. The lowest BCUT2D eigenvalue weighted by molar-refractivity contribution is 0.103. The number of carbonyl (C=O) groups excluding carboxylic acids is 1. The third kappa shape index (κ3) is 3.82. The Labute approximate surface area is 196 Å². The van der Waals surface area contributed by atoms with Gasteiger partial charge in [0.15, 0.2) is 17.3 Å². The number of sulfonamides is 1. The van der Waals surface area contributed by atoms with Crippen LogP contribution in [0.1, 0.15) is 15.9 Å². The van der Waals surface area contributed by atoms with Crippen LogP contribution in [0.5, 0.6) is 11.5 Å². The molecule has 8 nitrogen and oxygen atoms in total. The number of aromatic amines is 1. The van der Waals surface area contributed by atoms with Crippen LogP contribution in [0, 0.1) is 11.6 Å². The van der Waals surface area contributed by atoms with Crippen molar-refractivity contribution in [3.8, 4) is 11.5 Å². The number of hydrogen-bond acceptors (Lipinski definition) is 6. The number of benzene rings is 2. The summed E-state index contributed by atoms with van der Waals surface area (Å²) in [7, 11) is -4.31. The van der Waals surface area contributed by atoms with Gasteiger partial charge in [-0.25, -0.2) is 22.2 Å². The molecule has 3 heterocycles. The highest BCUT2D eigenvalue weighted by Gasteiger charge is 2.27. The standard InChI is InChI=1S/C22H14ClF2N3O5S/c23-11-7-13-14(10-27-22(13)26-9-11)21(29)19-15(24)2-3-16(20(19)25)28-34(30,31)12-1-4-17-18(8-12)33-6-5-32-17/h1-4,7-10,28H,5-6H2,(H,26,27). The highest BCUT2D eigenvalue weighted by molar-refractivity contribution is 7.92. The van der Waals surface area contributed by atoms with Crippen LogP contribution in [0.15, 0.2) is 53.7 Å². The molecule has 0 unspecified atom stereocenters. The summed E-state index contributed by atoms with van der Waals surface area (Å²) in [5.74, 6) is -2.94. The summed E-state index contributed by atoms with van der Waals surface area (Å²) < 4.78 is 68.4. The minimum absolute atomic E-state index is 0.0744. The average molecular weight is 506 g/mol. The van der Waals surface area contributed by atoms with E-state index in [2.05, 4.69) is 14.7 Å². The first-order valence-electron chi connectivity index (χ1n) is 9.82. The average Bonchev–Trinajstić information content (AvgIpc) is 3.23. The third-order valence-electron chi connectivity index (χ3n) is 5.13. The first-order valence-corrected chi connectivity index (χ1v) is 11.7. The zero-order valence-corrected chi connectivity index (χ0v) is 18.6. The minimum atomic E-state index is -4.31. The molecule has 4 aromatic rings. The molecule has 0 atom stereocenters. The predicted octanol–water partition coefficient (Wildman–Crippen LogP) is 4.30. The van der Waals surface area contributed by atoms with Gasteiger partial charge in [-0.05, 0) is 30.3 Å². The predicted molar refractivity (Wildman–Crippen MR) is 119 cm³/mol. The first-order chi connectivity index (χ1) is 16.2. The van der Waals surface area contributed by atoms with Crippen LogP contribution < -0.4 is 14.2 Å². The molecular formula is C22H14ClF2N3O5S. The van der Waals surface area contributed by atoms with E-state index in [4.69, 9.17) is 21.1 Å². The summed E-state index contributed by atoms with van der Waals surface area (Å²) in [6, 6.07) is 7.02. The number of ketones is 1. The van der Waals surface area contributed by atoms with Gasteiger partial charge < -0.3 is 14.5 Å². The van der Waals surface area contributed by atoms with Gasteiger partial charge in [0.25, 0.3) is 10.0 Å². The Hall–Kier alpha value is -3.70. The van der Waals surface area contributed by atoms with E-state index in [9.17, 15) is 17.6 Å². The molecule has 0 aliphatic carbocycles. The Bertz CT molecular complexity index is 1570. The number of aromatic nitrogens is 2. The van der Waals surface area contributed by atoms with E-state index in [1.165, 1.54) is 36.7 Å². The zero-order valence-electron chi connectivity index (χ0n) is 17.1. The number of halogens is 3. The third-order valence-corrected chi connectivity index (χ3v) is 6.70. The van der Waals surface area contributed by atoms with E-state index in [-0.39, 0.29) is 33.2 Å². The topological polar surface area (TPSA) is 110 Å². The number of H-pyrrole nitrogens is 1. The SMILES string of the molecule is O=C(c1c(F)ccc(NS(=O)(=O)c2ccc3c(c2)OCCO3)c1F)c1c[nH]c2ncc(Cl)cc12. The van der Waals surface area contributed by atoms with Crippen LogP contribution in [-0.4, -0.2) is 37.4 Å². The number of pyridine rings is 1. The van der Waals surface area contributed by atoms with Crippen molar-refractivity contribution in [3.05, 3.63) is 76.6 Å². The number of carbonyl (C=O) groups is 1. The Morgan fingerprint density at radius 3 is 2.65 bits per heavy atom. The molecular weight excluding hydrogens is 492 g/mol. The summed E-state index contributed by atoms with van der Waals surface area (Å²) in [6.07, 6.45) is 2.60. The van der Waals surface area contributed by atoms with Gasteiger partial charge in [0.2, 0.25) is 5.78 Å². The van der Waals surface area contributed by atoms with Gasteiger partial charge in [0.1, 0.15) is 24.7 Å². The molecule has 0 amide bonds. The molecule has 0 fully saturated rings. The van der Waals surface area contributed by atoms with Crippen LogP contribution >= 0.6 is 11.6 Å². The monoisotopic (exact) mass is 505 g/mol. The number of nitrogens with one attached hydrogen (secondary N) is 2. The van der Waals surface area contributed by atoms with Gasteiger partial charge >= 0.3 is 0 Å². The van der Waals surface area contributed by atoms with Crippen molar-refractivity contribution in [3.63, 3.8) is 0 Å². The van der Waals surface area contributed by atoms with Crippen molar-refractivity contribution in [2.24, 2.45) is 0 Å². The minimum Gasteiger partial charge on any atom is -0.486 e. The van der Waals surface area contributed by atoms with E-state index in [1.807, 2.05) is 0 Å². The number of fused-ring (bicyclic) bond motifs is 2. The van der Waals surface area contributed by atoms with Crippen molar-refractivity contribution in [2.45, 2.75) is 4.90 Å². The second kappa shape index (κ2) is 8.26. The van der Waals surface area contributed by atoms with Crippen molar-refractivity contribution in [1.29, 1.82) is 0 Å². The molecule has 174 valence electrons. The van der Waals surface area contributed by atoms with E-state index in [0.717, 1.165) is 12.1 Å². The Morgan fingerprint density at radius 1 is 1.09 bits per heavy atom. The number of anilines is 1. The normalized spacial score (nSPS) is 13.1. The van der Waals surface area contributed by atoms with Crippen molar-refractivity contribution in [2.75, 3.05) is 17.9 Å². The Morgan fingerprint density at radius 2 is 1.85 bits per heavy atom. The molecule has 0 saturated carbocycles. The second-order valence-corrected chi connectivity index (χ2v) is 9.39. The molecule has 0 radical (unpaired) electrons. The van der Waals surface area contributed by atoms with Gasteiger partial charge in [-0.3, -0.25) is 9.52 Å². The Kier molecular flexibility index (Phi) is 5.37. The largest absolute Gasteiger partial charge is 0.486 e. The van der Waals surface area contributed by atoms with Crippen LogP contribution in [0.2, 0.25) is 5.02 Å². The summed E-state index contributed by atoms with van der Waals surface area (Å²) in [6.45, 7) is 0.574. The molecule has 2 N–H and O–H groups in total. The van der Waals surface area contributed by atoms with Crippen LogP contribution in [-0.2, 0) is 10.0 Å². The van der Waals surface area contributed by atoms with Crippen LogP contribution in [0.3, 0.4) is 0 Å². The molecule has 12 heteroatoms. The van der Waals surface area contributed by atoms with E-state index < -0.39 is 38.7 Å². The molecule has 0 bridgehead atoms. The number of hydrogen-bond donors (Lipinski definition) is 2. The molecule has 1 aliphatic heterocycles. The van der Waals surface area contributed by atoms with Gasteiger partial charge in [-0.1, -0.05) is 11.6 Å². The highest BCUT2D eigenvalue weighted by atomic mass is 35.5. The van der Waals surface area contributed by atoms with Gasteiger partial charge in [-0.2, -0.15) is 0 Å². The van der Waals surface area contributed by atoms with Crippen LogP contribution in [0.25, 0.3) is 11.0 Å². The van der Waals surface area contributed by atoms with Crippen molar-refractivity contribution < 1.29 is 31.5 Å². The fourth-order valence-electron chi connectivity index (χ4n) is 3.53. The van der Waals surface area contributed by atoms with E-state index in [1.54, 1.807) is 0 Å². The molecule has 2 aromatic heterocycles. The Balaban J connectivity index is 1.52. The van der Waals surface area contributed by atoms with Gasteiger partial charge in [-0.15, -0.1) is 0 Å². The van der Waals surface area contributed by atoms with Crippen molar-refractivity contribution in [1.82, 2.24) is 9.97 Å². The number of rotatable bonds is 5. The first kappa shape index (κ1) is 22.1. The molecule has 1 aliphatic rings. The maximum Gasteiger partial charge on any atom is 0.262 e. The van der Waals surface area contributed by atoms with Gasteiger partial charge in [0.05, 0.1) is 21.2 Å². The van der Waals surface area contributed by atoms with E-state index in [0.29, 0.717) is 18.0 Å². The number of nitrogens with zero attached hydrogens (tertiary/aromatic N) is 1. The maximum absolute atomic E-state index is 15.3. The van der Waals surface area contributed by atoms with E-state index >= 15 is 4.39 Å². The molecule has 5 rings (SSSR count). The molecule has 34 heavy (non-hydrogen) atoms. The summed E-state index contributed by atoms with van der Waals surface area (Å²) in [5, 5.41) is 0.488. The fourth-order valence-corrected chi connectivity index (χ4v) is 4.77. The van der Waals surface area contributed by atoms with Crippen molar-refractivity contribution >= 4 is 44.1 Å². The molecule has 0 saturated heterocycles. The maximum atomic E-state index is 15.3. The number of ether oxygens (including phenoxy) is 2.